The minimum atomic E-state index is 0.461. The first-order chi connectivity index (χ1) is 8.11. The van der Waals surface area contributed by atoms with Crippen LogP contribution in [0.4, 0.5) is 0 Å². The number of methoxy groups -OCH3 is 1. The summed E-state index contributed by atoms with van der Waals surface area (Å²) in [6.45, 7) is 2.48. The summed E-state index contributed by atoms with van der Waals surface area (Å²) < 4.78 is 7.80. The van der Waals surface area contributed by atoms with Crippen LogP contribution in [0.5, 0.6) is 0 Å². The molecule has 0 fully saturated rings. The average molecular weight is 316 g/mol. The van der Waals surface area contributed by atoms with E-state index in [2.05, 4.69) is 21.0 Å². The number of ether oxygens (including phenoxy) is 1. The third-order valence-corrected chi connectivity index (χ3v) is 3.16. The molecule has 90 valence electrons. The van der Waals surface area contributed by atoms with Crippen molar-refractivity contribution in [1.82, 2.24) is 9.78 Å². The highest BCUT2D eigenvalue weighted by atomic mass is 79.9. The number of hydrogen-bond donors (Lipinski definition) is 0. The Balaban J connectivity index is 2.45. The first kappa shape index (κ1) is 12.6. The zero-order chi connectivity index (χ0) is 12.4. The molecule has 0 aliphatic rings. The zero-order valence-corrected chi connectivity index (χ0v) is 11.9. The summed E-state index contributed by atoms with van der Waals surface area (Å²) in [4.78, 5) is 0. The van der Waals surface area contributed by atoms with Crippen LogP contribution in [0, 0.1) is 6.92 Å². The fourth-order valence-electron chi connectivity index (χ4n) is 1.65. The van der Waals surface area contributed by atoms with Crippen LogP contribution in [-0.4, -0.2) is 16.9 Å². The number of rotatable bonds is 3. The molecule has 3 nitrogen and oxygen atoms in total. The van der Waals surface area contributed by atoms with E-state index in [1.807, 2.05) is 31.2 Å². The van der Waals surface area contributed by atoms with E-state index >= 15 is 0 Å². The maximum Gasteiger partial charge on any atom is 0.133 e. The molecular formula is C12H12BrClN2O. The molecule has 0 atom stereocenters. The standard InChI is InChI=1S/C12H12BrClN2O/c1-8-5-9(13)3-4-11(8)16-12(14)6-10(15-16)7-17-2/h3-6H,7H2,1-2H3. The van der Waals surface area contributed by atoms with Gasteiger partial charge in [0.15, 0.2) is 0 Å². The van der Waals surface area contributed by atoms with E-state index in [4.69, 9.17) is 16.3 Å². The zero-order valence-electron chi connectivity index (χ0n) is 9.58. The van der Waals surface area contributed by atoms with Crippen molar-refractivity contribution in [3.63, 3.8) is 0 Å². The first-order valence-electron chi connectivity index (χ1n) is 5.11. The van der Waals surface area contributed by atoms with Gasteiger partial charge in [0.25, 0.3) is 0 Å². The van der Waals surface area contributed by atoms with Crippen molar-refractivity contribution in [1.29, 1.82) is 0 Å². The third kappa shape index (κ3) is 2.70. The monoisotopic (exact) mass is 314 g/mol. The van der Waals surface area contributed by atoms with Gasteiger partial charge in [0.05, 0.1) is 18.0 Å². The molecule has 0 saturated heterocycles. The molecule has 2 rings (SSSR count). The van der Waals surface area contributed by atoms with Gasteiger partial charge in [-0.1, -0.05) is 27.5 Å². The molecule has 0 aliphatic heterocycles. The minimum absolute atomic E-state index is 0.461. The maximum atomic E-state index is 6.16. The molecular weight excluding hydrogens is 304 g/mol. The Hall–Kier alpha value is -0.840. The van der Waals surface area contributed by atoms with Crippen LogP contribution in [0.25, 0.3) is 5.69 Å². The van der Waals surface area contributed by atoms with Gasteiger partial charge in [-0.05, 0) is 30.7 Å². The van der Waals surface area contributed by atoms with Crippen LogP contribution in [0.3, 0.4) is 0 Å². The summed E-state index contributed by atoms with van der Waals surface area (Å²) in [5.41, 5.74) is 2.90. The van der Waals surface area contributed by atoms with Gasteiger partial charge in [0, 0.05) is 17.6 Å². The molecule has 0 spiro atoms. The lowest BCUT2D eigenvalue weighted by Gasteiger charge is -2.07. The molecule has 0 N–H and O–H groups in total. The van der Waals surface area contributed by atoms with Gasteiger partial charge in [-0.15, -0.1) is 0 Å². The van der Waals surface area contributed by atoms with Crippen LogP contribution in [0.15, 0.2) is 28.7 Å². The molecule has 0 amide bonds. The van der Waals surface area contributed by atoms with E-state index in [0.29, 0.717) is 11.8 Å². The van der Waals surface area contributed by atoms with Crippen molar-refractivity contribution >= 4 is 27.5 Å². The van der Waals surface area contributed by atoms with Crippen LogP contribution < -0.4 is 0 Å². The van der Waals surface area contributed by atoms with E-state index in [0.717, 1.165) is 21.4 Å². The average Bonchev–Trinajstić information content (AvgIpc) is 2.60. The molecule has 1 heterocycles. The highest BCUT2D eigenvalue weighted by molar-refractivity contribution is 9.10. The Kier molecular flexibility index (Phi) is 3.86. The molecule has 0 aliphatic carbocycles. The lowest BCUT2D eigenvalue weighted by atomic mass is 10.2. The smallest absolute Gasteiger partial charge is 0.133 e. The maximum absolute atomic E-state index is 6.16. The third-order valence-electron chi connectivity index (χ3n) is 2.40. The molecule has 17 heavy (non-hydrogen) atoms. The Morgan fingerprint density at radius 3 is 2.82 bits per heavy atom. The van der Waals surface area contributed by atoms with Crippen molar-refractivity contribution in [2.75, 3.05) is 7.11 Å². The number of halogens is 2. The van der Waals surface area contributed by atoms with Gasteiger partial charge in [-0.3, -0.25) is 0 Å². The number of aromatic nitrogens is 2. The summed E-state index contributed by atoms with van der Waals surface area (Å²) >= 11 is 9.59. The Bertz CT molecular complexity index is 539. The van der Waals surface area contributed by atoms with Crippen LogP contribution in [0.2, 0.25) is 5.15 Å². The second kappa shape index (κ2) is 5.21. The number of aryl methyl sites for hydroxylation is 1. The topological polar surface area (TPSA) is 27.1 Å². The van der Waals surface area contributed by atoms with Gasteiger partial charge in [-0.2, -0.15) is 5.10 Å². The van der Waals surface area contributed by atoms with Gasteiger partial charge in [0.2, 0.25) is 0 Å². The predicted octanol–water partition coefficient (Wildman–Crippen LogP) is 3.74. The summed E-state index contributed by atoms with van der Waals surface area (Å²) in [7, 11) is 1.64. The molecule has 2 aromatic rings. The largest absolute Gasteiger partial charge is 0.378 e. The van der Waals surface area contributed by atoms with Gasteiger partial charge < -0.3 is 4.74 Å². The second-order valence-corrected chi connectivity index (χ2v) is 5.04. The number of benzene rings is 1. The Morgan fingerprint density at radius 2 is 2.18 bits per heavy atom. The van der Waals surface area contributed by atoms with Crippen LogP contribution in [-0.2, 0) is 11.3 Å². The molecule has 1 aromatic heterocycles. The fraction of sp³-hybridized carbons (Fsp3) is 0.250. The Labute approximate surface area is 113 Å². The summed E-state index contributed by atoms with van der Waals surface area (Å²) in [5, 5.41) is 4.99. The summed E-state index contributed by atoms with van der Waals surface area (Å²) in [5.74, 6) is 0. The molecule has 5 heteroatoms. The molecule has 0 saturated carbocycles. The van der Waals surface area contributed by atoms with Crippen LogP contribution in [0.1, 0.15) is 11.3 Å². The molecule has 0 bridgehead atoms. The van der Waals surface area contributed by atoms with E-state index in [1.54, 1.807) is 11.8 Å². The van der Waals surface area contributed by atoms with E-state index in [9.17, 15) is 0 Å². The number of nitrogens with zero attached hydrogens (tertiary/aromatic N) is 2. The van der Waals surface area contributed by atoms with Crippen LogP contribution >= 0.6 is 27.5 Å². The summed E-state index contributed by atoms with van der Waals surface area (Å²) in [6, 6.07) is 7.79. The molecule has 0 unspecified atom stereocenters. The van der Waals surface area contributed by atoms with Crippen molar-refractivity contribution in [3.05, 3.63) is 45.1 Å². The van der Waals surface area contributed by atoms with Crippen molar-refractivity contribution in [2.45, 2.75) is 13.5 Å². The number of hydrogen-bond acceptors (Lipinski definition) is 2. The second-order valence-electron chi connectivity index (χ2n) is 3.73. The molecule has 1 aromatic carbocycles. The van der Waals surface area contributed by atoms with Gasteiger partial charge >= 0.3 is 0 Å². The lowest BCUT2D eigenvalue weighted by Crippen LogP contribution is -2.00. The highest BCUT2D eigenvalue weighted by Gasteiger charge is 2.09. The lowest BCUT2D eigenvalue weighted by molar-refractivity contribution is 0.181. The van der Waals surface area contributed by atoms with E-state index in [1.165, 1.54) is 0 Å². The first-order valence-corrected chi connectivity index (χ1v) is 6.29. The Morgan fingerprint density at radius 1 is 1.41 bits per heavy atom. The fourth-order valence-corrected chi connectivity index (χ4v) is 2.38. The van der Waals surface area contributed by atoms with Gasteiger partial charge in [0.1, 0.15) is 5.15 Å². The van der Waals surface area contributed by atoms with E-state index in [-0.39, 0.29) is 0 Å². The predicted molar refractivity (Wildman–Crippen MR) is 71.7 cm³/mol. The highest BCUT2D eigenvalue weighted by Crippen LogP contribution is 2.23. The van der Waals surface area contributed by atoms with Gasteiger partial charge in [-0.25, -0.2) is 4.68 Å². The van der Waals surface area contributed by atoms with Crippen molar-refractivity contribution in [2.24, 2.45) is 0 Å². The van der Waals surface area contributed by atoms with E-state index < -0.39 is 0 Å². The van der Waals surface area contributed by atoms with Crippen molar-refractivity contribution < 1.29 is 4.74 Å². The van der Waals surface area contributed by atoms with Crippen molar-refractivity contribution in [3.8, 4) is 5.69 Å². The molecule has 0 radical (unpaired) electrons. The summed E-state index contributed by atoms with van der Waals surface area (Å²) in [6.07, 6.45) is 0. The SMILES string of the molecule is COCc1cc(Cl)n(-c2ccc(Br)cc2C)n1. The minimum Gasteiger partial charge on any atom is -0.378 e. The quantitative estimate of drug-likeness (QED) is 0.862. The normalized spacial score (nSPS) is 10.8.